The lowest BCUT2D eigenvalue weighted by Crippen LogP contribution is -2.18. The monoisotopic (exact) mass is 349 g/mol. The summed E-state index contributed by atoms with van der Waals surface area (Å²) in [5.41, 5.74) is 9.65. The number of nitrogens with zero attached hydrogens (tertiary/aromatic N) is 3. The van der Waals surface area contributed by atoms with Crippen LogP contribution in [0.25, 0.3) is 5.65 Å². The van der Waals surface area contributed by atoms with E-state index in [0.717, 1.165) is 36.6 Å². The Bertz CT molecular complexity index is 927. The molecule has 0 aliphatic carbocycles. The first-order chi connectivity index (χ1) is 12.7. The molecule has 1 aromatic carbocycles. The summed E-state index contributed by atoms with van der Waals surface area (Å²) < 4.78 is 1.93. The summed E-state index contributed by atoms with van der Waals surface area (Å²) >= 11 is 0. The maximum atomic E-state index is 12.8. The van der Waals surface area contributed by atoms with E-state index in [-0.39, 0.29) is 5.91 Å². The Kier molecular flexibility index (Phi) is 4.69. The zero-order chi connectivity index (χ0) is 17.9. The number of carbonyl (C=O) groups excluding carboxylic acids is 1. The lowest BCUT2D eigenvalue weighted by Gasteiger charge is -2.11. The zero-order valence-corrected chi connectivity index (χ0v) is 14.7. The summed E-state index contributed by atoms with van der Waals surface area (Å²) in [5.74, 6) is -0.164. The van der Waals surface area contributed by atoms with Gasteiger partial charge in [-0.25, -0.2) is 4.98 Å². The lowest BCUT2D eigenvalue weighted by molar-refractivity contribution is 0.102. The number of pyridine rings is 1. The van der Waals surface area contributed by atoms with Crippen molar-refractivity contribution in [1.82, 2.24) is 14.3 Å². The standard InChI is InChI=1S/C20H23N5O/c21-12-15-5-3-6-16(11-15)23-20(26)18-7-4-10-25-14-17(22-19(18)25)13-24-8-1-2-9-24/h3-7,10-11,14H,1-2,8-9,12-13,21H2,(H,23,26). The molecule has 0 saturated carbocycles. The summed E-state index contributed by atoms with van der Waals surface area (Å²) in [6.07, 6.45) is 6.45. The summed E-state index contributed by atoms with van der Waals surface area (Å²) in [4.78, 5) is 19.9. The highest BCUT2D eigenvalue weighted by molar-refractivity contribution is 6.08. The maximum Gasteiger partial charge on any atom is 0.259 e. The van der Waals surface area contributed by atoms with Crippen molar-refractivity contribution in [1.29, 1.82) is 0 Å². The smallest absolute Gasteiger partial charge is 0.259 e. The summed E-state index contributed by atoms with van der Waals surface area (Å²) in [7, 11) is 0. The molecule has 1 amide bonds. The Hall–Kier alpha value is -2.70. The van der Waals surface area contributed by atoms with Crippen molar-refractivity contribution in [3.05, 3.63) is 65.6 Å². The van der Waals surface area contributed by atoms with Crippen LogP contribution in [0.2, 0.25) is 0 Å². The number of nitrogens with two attached hydrogens (primary N) is 1. The number of anilines is 1. The van der Waals surface area contributed by atoms with Gasteiger partial charge in [-0.15, -0.1) is 0 Å². The number of hydrogen-bond donors (Lipinski definition) is 2. The summed E-state index contributed by atoms with van der Waals surface area (Å²) in [6, 6.07) is 11.3. The molecule has 0 bridgehead atoms. The quantitative estimate of drug-likeness (QED) is 0.742. The van der Waals surface area contributed by atoms with E-state index in [0.29, 0.717) is 17.8 Å². The first-order valence-electron chi connectivity index (χ1n) is 9.02. The van der Waals surface area contributed by atoms with Crippen LogP contribution in [0.5, 0.6) is 0 Å². The van der Waals surface area contributed by atoms with Crippen molar-refractivity contribution in [2.75, 3.05) is 18.4 Å². The zero-order valence-electron chi connectivity index (χ0n) is 14.7. The first-order valence-corrected chi connectivity index (χ1v) is 9.02. The van der Waals surface area contributed by atoms with Crippen molar-refractivity contribution < 1.29 is 4.79 Å². The Morgan fingerprint density at radius 3 is 2.85 bits per heavy atom. The van der Waals surface area contributed by atoms with E-state index in [4.69, 9.17) is 10.7 Å². The van der Waals surface area contributed by atoms with Crippen LogP contribution in [0.3, 0.4) is 0 Å². The molecule has 1 fully saturated rings. The Labute approximate surface area is 152 Å². The molecule has 6 heteroatoms. The van der Waals surface area contributed by atoms with E-state index in [1.54, 1.807) is 0 Å². The van der Waals surface area contributed by atoms with Crippen LogP contribution in [0, 0.1) is 0 Å². The van der Waals surface area contributed by atoms with E-state index in [1.165, 1.54) is 12.8 Å². The van der Waals surface area contributed by atoms with Gasteiger partial charge in [0.05, 0.1) is 11.3 Å². The minimum atomic E-state index is -0.164. The van der Waals surface area contributed by atoms with Gasteiger partial charge in [-0.05, 0) is 55.8 Å². The fraction of sp³-hybridized carbons (Fsp3) is 0.300. The Morgan fingerprint density at radius 1 is 1.19 bits per heavy atom. The molecule has 1 aliphatic heterocycles. The van der Waals surface area contributed by atoms with E-state index < -0.39 is 0 Å². The molecule has 26 heavy (non-hydrogen) atoms. The molecule has 3 aromatic rings. The van der Waals surface area contributed by atoms with E-state index >= 15 is 0 Å². The number of fused-ring (bicyclic) bond motifs is 1. The number of carbonyl (C=O) groups is 1. The third-order valence-electron chi connectivity index (χ3n) is 4.78. The molecule has 4 rings (SSSR count). The van der Waals surface area contributed by atoms with E-state index in [1.807, 2.05) is 53.2 Å². The minimum absolute atomic E-state index is 0.164. The molecule has 2 aromatic heterocycles. The molecule has 1 aliphatic rings. The number of nitrogens with one attached hydrogen (secondary N) is 1. The highest BCUT2D eigenvalue weighted by Crippen LogP contribution is 2.17. The van der Waals surface area contributed by atoms with Gasteiger partial charge in [0.25, 0.3) is 5.91 Å². The van der Waals surface area contributed by atoms with Gasteiger partial charge in [0.15, 0.2) is 0 Å². The van der Waals surface area contributed by atoms with Crippen molar-refractivity contribution in [3.63, 3.8) is 0 Å². The number of likely N-dealkylation sites (tertiary alicyclic amines) is 1. The number of hydrogen-bond acceptors (Lipinski definition) is 4. The van der Waals surface area contributed by atoms with Crippen molar-refractivity contribution in [2.24, 2.45) is 5.73 Å². The van der Waals surface area contributed by atoms with Gasteiger partial charge in [0.2, 0.25) is 0 Å². The molecular formula is C20H23N5O. The Balaban J connectivity index is 1.58. The highest BCUT2D eigenvalue weighted by atomic mass is 16.1. The average Bonchev–Trinajstić information content (AvgIpc) is 3.30. The molecule has 3 heterocycles. The second-order valence-electron chi connectivity index (χ2n) is 6.73. The number of aromatic nitrogens is 2. The Morgan fingerprint density at radius 2 is 2.04 bits per heavy atom. The molecule has 1 saturated heterocycles. The fourth-order valence-corrected chi connectivity index (χ4v) is 3.46. The van der Waals surface area contributed by atoms with Crippen molar-refractivity contribution in [3.8, 4) is 0 Å². The molecule has 3 N–H and O–H groups in total. The minimum Gasteiger partial charge on any atom is -0.326 e. The van der Waals surface area contributed by atoms with Gasteiger partial charge < -0.3 is 15.5 Å². The second-order valence-corrected chi connectivity index (χ2v) is 6.73. The van der Waals surface area contributed by atoms with Crippen LogP contribution in [-0.2, 0) is 13.1 Å². The SMILES string of the molecule is NCc1cccc(NC(=O)c2cccn3cc(CN4CCCC4)nc23)c1. The van der Waals surface area contributed by atoms with Crippen LogP contribution in [-0.4, -0.2) is 33.3 Å². The van der Waals surface area contributed by atoms with Gasteiger partial charge in [-0.1, -0.05) is 12.1 Å². The van der Waals surface area contributed by atoms with Gasteiger partial charge in [-0.2, -0.15) is 0 Å². The molecule has 6 nitrogen and oxygen atoms in total. The predicted molar refractivity (Wildman–Crippen MR) is 102 cm³/mol. The predicted octanol–water partition coefficient (Wildman–Crippen LogP) is 2.64. The van der Waals surface area contributed by atoms with Crippen LogP contribution in [0.15, 0.2) is 48.8 Å². The van der Waals surface area contributed by atoms with Gasteiger partial charge >= 0.3 is 0 Å². The summed E-state index contributed by atoms with van der Waals surface area (Å²) in [5, 5.41) is 2.95. The van der Waals surface area contributed by atoms with Crippen LogP contribution in [0.1, 0.15) is 34.5 Å². The number of rotatable bonds is 5. The molecular weight excluding hydrogens is 326 g/mol. The first kappa shape index (κ1) is 16.8. The normalized spacial score (nSPS) is 14.8. The maximum absolute atomic E-state index is 12.8. The third kappa shape index (κ3) is 3.47. The summed E-state index contributed by atoms with van der Waals surface area (Å²) in [6.45, 7) is 3.53. The average molecular weight is 349 g/mol. The molecule has 0 atom stereocenters. The van der Waals surface area contributed by atoms with Crippen LogP contribution >= 0.6 is 0 Å². The van der Waals surface area contributed by atoms with E-state index in [9.17, 15) is 4.79 Å². The molecule has 0 unspecified atom stereocenters. The van der Waals surface area contributed by atoms with E-state index in [2.05, 4.69) is 10.2 Å². The number of benzene rings is 1. The largest absolute Gasteiger partial charge is 0.326 e. The van der Waals surface area contributed by atoms with Gasteiger partial charge in [0.1, 0.15) is 5.65 Å². The molecule has 0 spiro atoms. The fourth-order valence-electron chi connectivity index (χ4n) is 3.46. The lowest BCUT2D eigenvalue weighted by atomic mass is 10.2. The molecule has 0 radical (unpaired) electrons. The van der Waals surface area contributed by atoms with Crippen LogP contribution < -0.4 is 11.1 Å². The molecule has 134 valence electrons. The van der Waals surface area contributed by atoms with Crippen molar-refractivity contribution in [2.45, 2.75) is 25.9 Å². The number of amides is 1. The van der Waals surface area contributed by atoms with Crippen LogP contribution in [0.4, 0.5) is 5.69 Å². The highest BCUT2D eigenvalue weighted by Gasteiger charge is 2.16. The third-order valence-corrected chi connectivity index (χ3v) is 4.78. The van der Waals surface area contributed by atoms with Gasteiger partial charge in [0, 0.05) is 31.2 Å². The second kappa shape index (κ2) is 7.27. The topological polar surface area (TPSA) is 75.7 Å². The van der Waals surface area contributed by atoms with Gasteiger partial charge in [-0.3, -0.25) is 9.69 Å². The van der Waals surface area contributed by atoms with Crippen molar-refractivity contribution >= 4 is 17.2 Å². The number of imidazole rings is 1.